The van der Waals surface area contributed by atoms with Gasteiger partial charge in [0.25, 0.3) is 0 Å². The van der Waals surface area contributed by atoms with Crippen molar-refractivity contribution in [3.05, 3.63) is 59.2 Å². The Morgan fingerprint density at radius 1 is 1.14 bits per heavy atom. The van der Waals surface area contributed by atoms with E-state index in [4.69, 9.17) is 14.2 Å². The molecule has 12 heteroatoms. The number of nitrogens with one attached hydrogen (secondary N) is 1. The average molecular weight is 579 g/mol. The molecule has 0 radical (unpaired) electrons. The smallest absolute Gasteiger partial charge is 0.410 e. The van der Waals surface area contributed by atoms with Gasteiger partial charge in [-0.3, -0.25) is 4.68 Å². The van der Waals surface area contributed by atoms with Gasteiger partial charge in [-0.2, -0.15) is 10.4 Å². The molecule has 0 saturated carbocycles. The third-order valence-corrected chi connectivity index (χ3v) is 7.29. The molecule has 42 heavy (non-hydrogen) atoms. The van der Waals surface area contributed by atoms with Gasteiger partial charge >= 0.3 is 6.09 Å². The van der Waals surface area contributed by atoms with Gasteiger partial charge in [-0.25, -0.2) is 18.6 Å². The molecule has 4 aromatic rings. The van der Waals surface area contributed by atoms with E-state index >= 15 is 8.78 Å². The minimum absolute atomic E-state index is 0.00182. The molecule has 1 N–H and O–H groups in total. The van der Waals surface area contributed by atoms with Crippen molar-refractivity contribution < 1.29 is 27.8 Å². The zero-order valence-electron chi connectivity index (χ0n) is 24.1. The highest BCUT2D eigenvalue weighted by atomic mass is 19.1. The van der Waals surface area contributed by atoms with E-state index in [0.29, 0.717) is 53.7 Å². The molecule has 0 aliphatic carbocycles. The SMILES string of the molecule is COc1cc(OC)c(F)c(Cc2c[nH]c3ncc(-c4cn(C5CCN(C(=O)OC(C)(C)C)CC5)nc4C#N)cc23)c1F. The lowest BCUT2D eigenvalue weighted by Gasteiger charge is -2.33. The van der Waals surface area contributed by atoms with Gasteiger partial charge in [0, 0.05) is 66.2 Å². The molecular weight excluding hydrogens is 546 g/mol. The molecule has 1 aromatic carbocycles. The van der Waals surface area contributed by atoms with Crippen molar-refractivity contribution >= 4 is 17.1 Å². The van der Waals surface area contributed by atoms with Crippen LogP contribution < -0.4 is 9.47 Å². The quantitative estimate of drug-likeness (QED) is 0.309. The number of likely N-dealkylation sites (tertiary alicyclic amines) is 1. The number of nitrogens with zero attached hydrogens (tertiary/aromatic N) is 5. The third kappa shape index (κ3) is 5.59. The molecule has 0 spiro atoms. The van der Waals surface area contributed by atoms with Gasteiger partial charge in [0.1, 0.15) is 17.3 Å². The van der Waals surface area contributed by atoms with Crippen molar-refractivity contribution in [2.75, 3.05) is 27.3 Å². The van der Waals surface area contributed by atoms with Crippen LogP contribution in [-0.2, 0) is 11.2 Å². The van der Waals surface area contributed by atoms with E-state index in [1.807, 2.05) is 33.0 Å². The number of carbonyl (C=O) groups is 1. The lowest BCUT2D eigenvalue weighted by atomic mass is 10.0. The number of benzene rings is 1. The number of carbonyl (C=O) groups excluding carboxylic acids is 1. The fraction of sp³-hybridized carbons (Fsp3) is 0.400. The van der Waals surface area contributed by atoms with Gasteiger partial charge in [0.15, 0.2) is 28.8 Å². The van der Waals surface area contributed by atoms with Crippen LogP contribution in [0, 0.1) is 23.0 Å². The third-order valence-electron chi connectivity index (χ3n) is 7.29. The molecule has 220 valence electrons. The summed E-state index contributed by atoms with van der Waals surface area (Å²) in [6.45, 7) is 6.53. The summed E-state index contributed by atoms with van der Waals surface area (Å²) < 4.78 is 47.6. The molecule has 1 fully saturated rings. The zero-order valence-corrected chi connectivity index (χ0v) is 24.1. The number of hydrogen-bond donors (Lipinski definition) is 1. The van der Waals surface area contributed by atoms with E-state index < -0.39 is 17.2 Å². The number of halogens is 2. The molecule has 0 atom stereocenters. The topological polar surface area (TPSA) is 118 Å². The summed E-state index contributed by atoms with van der Waals surface area (Å²) in [5, 5.41) is 15.1. The van der Waals surface area contributed by atoms with Crippen molar-refractivity contribution in [2.45, 2.75) is 51.7 Å². The van der Waals surface area contributed by atoms with Crippen molar-refractivity contribution in [1.82, 2.24) is 24.6 Å². The van der Waals surface area contributed by atoms with Crippen molar-refractivity contribution in [3.63, 3.8) is 0 Å². The molecule has 0 unspecified atom stereocenters. The number of H-pyrrole nitrogens is 1. The standard InChI is InChI=1S/C30H32F2N6O4/c1-30(2,3)42-29(39)37-8-6-19(7-9-37)38-16-22(23(13-33)36-38)18-10-20-17(14-34-28(20)35-15-18)11-21-26(31)24(40-4)12-25(41-5)27(21)32/h10,12,14-16,19H,6-9,11H2,1-5H3,(H,34,35). The summed E-state index contributed by atoms with van der Waals surface area (Å²) in [6, 6.07) is 5.16. The van der Waals surface area contributed by atoms with Crippen LogP contribution in [0.25, 0.3) is 22.2 Å². The van der Waals surface area contributed by atoms with E-state index in [1.54, 1.807) is 22.0 Å². The van der Waals surface area contributed by atoms with E-state index in [0.717, 1.165) is 0 Å². The molecule has 1 aliphatic heterocycles. The van der Waals surface area contributed by atoms with Gasteiger partial charge in [-0.05, 0) is 45.2 Å². The largest absolute Gasteiger partial charge is 0.494 e. The number of pyridine rings is 1. The van der Waals surface area contributed by atoms with Crippen LogP contribution in [0.3, 0.4) is 0 Å². The normalized spacial score (nSPS) is 14.2. The summed E-state index contributed by atoms with van der Waals surface area (Å²) >= 11 is 0. The number of nitriles is 1. The molecule has 3 aromatic heterocycles. The Hall–Kier alpha value is -4.66. The van der Waals surface area contributed by atoms with Crippen molar-refractivity contribution in [3.8, 4) is 28.7 Å². The number of amides is 1. The van der Waals surface area contributed by atoms with Crippen LogP contribution >= 0.6 is 0 Å². The van der Waals surface area contributed by atoms with Gasteiger partial charge in [-0.15, -0.1) is 0 Å². The summed E-state index contributed by atoms with van der Waals surface area (Å²) in [4.78, 5) is 21.7. The lowest BCUT2D eigenvalue weighted by Crippen LogP contribution is -2.42. The zero-order chi connectivity index (χ0) is 30.2. The first kappa shape index (κ1) is 28.9. The molecule has 1 saturated heterocycles. The number of methoxy groups -OCH3 is 2. The Balaban J connectivity index is 1.41. The second-order valence-electron chi connectivity index (χ2n) is 11.2. The maximum Gasteiger partial charge on any atom is 0.410 e. The van der Waals surface area contributed by atoms with Gasteiger partial charge in [0.05, 0.1) is 20.3 Å². The Bertz CT molecular complexity index is 1650. The maximum atomic E-state index is 15.1. The number of rotatable bonds is 6. The lowest BCUT2D eigenvalue weighted by molar-refractivity contribution is 0.0184. The summed E-state index contributed by atoms with van der Waals surface area (Å²) in [7, 11) is 2.61. The van der Waals surface area contributed by atoms with Crippen molar-refractivity contribution in [2.24, 2.45) is 0 Å². The van der Waals surface area contributed by atoms with Crippen LogP contribution in [0.4, 0.5) is 13.6 Å². The second kappa shape index (κ2) is 11.3. The first-order chi connectivity index (χ1) is 20.0. The molecular formula is C30H32F2N6O4. The van der Waals surface area contributed by atoms with Gasteiger partial charge in [0.2, 0.25) is 0 Å². The number of aromatic amines is 1. The molecule has 5 rings (SSSR count). The Morgan fingerprint density at radius 2 is 1.81 bits per heavy atom. The van der Waals surface area contributed by atoms with Crippen LogP contribution in [0.1, 0.15) is 56.5 Å². The molecule has 1 aliphatic rings. The predicted molar refractivity (Wildman–Crippen MR) is 150 cm³/mol. The van der Waals surface area contributed by atoms with E-state index in [-0.39, 0.29) is 41.3 Å². The number of piperidine rings is 1. The maximum absolute atomic E-state index is 15.1. The fourth-order valence-corrected chi connectivity index (χ4v) is 5.15. The Morgan fingerprint density at radius 3 is 2.40 bits per heavy atom. The second-order valence-corrected chi connectivity index (χ2v) is 11.2. The minimum Gasteiger partial charge on any atom is -0.494 e. The highest BCUT2D eigenvalue weighted by Crippen LogP contribution is 2.35. The first-order valence-electron chi connectivity index (χ1n) is 13.5. The minimum atomic E-state index is -0.806. The van der Waals surface area contributed by atoms with Crippen LogP contribution in [0.2, 0.25) is 0 Å². The molecule has 10 nitrogen and oxygen atoms in total. The van der Waals surface area contributed by atoms with Gasteiger partial charge < -0.3 is 24.1 Å². The van der Waals surface area contributed by atoms with Crippen molar-refractivity contribution in [1.29, 1.82) is 5.26 Å². The predicted octanol–water partition coefficient (Wildman–Crippen LogP) is 5.76. The van der Waals surface area contributed by atoms with E-state index in [1.165, 1.54) is 20.3 Å². The number of ether oxygens (including phenoxy) is 3. The molecule has 4 heterocycles. The van der Waals surface area contributed by atoms with Crippen LogP contribution in [0.5, 0.6) is 11.5 Å². The van der Waals surface area contributed by atoms with E-state index in [2.05, 4.69) is 21.1 Å². The summed E-state index contributed by atoms with van der Waals surface area (Å²) in [5.41, 5.74) is 1.84. The fourth-order valence-electron chi connectivity index (χ4n) is 5.15. The summed E-state index contributed by atoms with van der Waals surface area (Å²) in [6.07, 6.45) is 5.99. The number of fused-ring (bicyclic) bond motifs is 1. The Labute approximate surface area is 241 Å². The van der Waals surface area contributed by atoms with Crippen LogP contribution in [0.15, 0.2) is 30.7 Å². The van der Waals surface area contributed by atoms with Crippen LogP contribution in [-0.4, -0.2) is 63.7 Å². The van der Waals surface area contributed by atoms with Gasteiger partial charge in [-0.1, -0.05) is 0 Å². The summed E-state index contributed by atoms with van der Waals surface area (Å²) in [5.74, 6) is -1.85. The highest BCUT2D eigenvalue weighted by molar-refractivity contribution is 5.85. The molecule has 0 bridgehead atoms. The molecule has 1 amide bonds. The average Bonchev–Trinajstić information content (AvgIpc) is 3.58. The van der Waals surface area contributed by atoms with E-state index in [9.17, 15) is 10.1 Å². The highest BCUT2D eigenvalue weighted by Gasteiger charge is 2.29. The number of hydrogen-bond acceptors (Lipinski definition) is 7. The first-order valence-corrected chi connectivity index (χ1v) is 13.5. The number of aromatic nitrogens is 4. The Kier molecular flexibility index (Phi) is 7.77. The monoisotopic (exact) mass is 578 g/mol.